The van der Waals surface area contributed by atoms with Crippen LogP contribution in [0.25, 0.3) is 17.3 Å². The Morgan fingerprint density at radius 1 is 1.08 bits per heavy atom. The van der Waals surface area contributed by atoms with E-state index in [-0.39, 0.29) is 5.82 Å². The highest BCUT2D eigenvalue weighted by atomic mass is 35.5. The minimum Gasteiger partial charge on any atom is -0.232 e. The predicted molar refractivity (Wildman–Crippen MR) is 104 cm³/mol. The standard InChI is InChI=1S/C19H13Cl2FN2S/c20-15-3-6-18(17(21)8-15)24-19-13(10-25-11-14(19)9-23-24)7-12-1-4-16(22)5-2-12/h1-9H,10-11H2/b13-7+. The highest BCUT2D eigenvalue weighted by molar-refractivity contribution is 7.99. The Kier molecular flexibility index (Phi) is 4.59. The van der Waals surface area contributed by atoms with Crippen molar-refractivity contribution in [2.75, 3.05) is 5.75 Å². The smallest absolute Gasteiger partial charge is 0.123 e. The quantitative estimate of drug-likeness (QED) is 0.525. The van der Waals surface area contributed by atoms with E-state index in [1.54, 1.807) is 24.3 Å². The van der Waals surface area contributed by atoms with Crippen molar-refractivity contribution in [3.63, 3.8) is 0 Å². The number of thioether (sulfide) groups is 1. The summed E-state index contributed by atoms with van der Waals surface area (Å²) < 4.78 is 15.0. The van der Waals surface area contributed by atoms with E-state index in [4.69, 9.17) is 23.2 Å². The molecule has 0 fully saturated rings. The zero-order chi connectivity index (χ0) is 17.4. The molecule has 0 atom stereocenters. The number of benzene rings is 2. The topological polar surface area (TPSA) is 17.8 Å². The van der Waals surface area contributed by atoms with Gasteiger partial charge in [0.1, 0.15) is 5.82 Å². The van der Waals surface area contributed by atoms with Gasteiger partial charge in [0, 0.05) is 22.1 Å². The van der Waals surface area contributed by atoms with Crippen molar-refractivity contribution >= 4 is 46.6 Å². The Hall–Kier alpha value is -1.75. The zero-order valence-electron chi connectivity index (χ0n) is 13.0. The molecule has 0 spiro atoms. The highest BCUT2D eigenvalue weighted by Crippen LogP contribution is 2.36. The molecule has 6 heteroatoms. The maximum Gasteiger partial charge on any atom is 0.123 e. The molecule has 0 amide bonds. The van der Waals surface area contributed by atoms with E-state index in [0.29, 0.717) is 10.0 Å². The lowest BCUT2D eigenvalue weighted by atomic mass is 10.1. The molecule has 2 nitrogen and oxygen atoms in total. The second-order valence-electron chi connectivity index (χ2n) is 5.74. The molecule has 1 aliphatic rings. The highest BCUT2D eigenvalue weighted by Gasteiger charge is 2.22. The Morgan fingerprint density at radius 3 is 2.64 bits per heavy atom. The predicted octanol–water partition coefficient (Wildman–Crippen LogP) is 6.11. The number of aromatic nitrogens is 2. The molecule has 4 rings (SSSR count). The monoisotopic (exact) mass is 390 g/mol. The van der Waals surface area contributed by atoms with Crippen LogP contribution in [0.3, 0.4) is 0 Å². The van der Waals surface area contributed by atoms with E-state index < -0.39 is 0 Å². The van der Waals surface area contributed by atoms with Crippen molar-refractivity contribution in [3.8, 4) is 5.69 Å². The number of nitrogens with zero attached hydrogens (tertiary/aromatic N) is 2. The SMILES string of the molecule is Fc1ccc(/C=C2\CSCc3cnn(-c4ccc(Cl)cc4Cl)c32)cc1. The molecular formula is C19H13Cl2FN2S. The first-order valence-corrected chi connectivity index (χ1v) is 9.59. The molecule has 0 unspecified atom stereocenters. The van der Waals surface area contributed by atoms with Gasteiger partial charge in [-0.25, -0.2) is 9.07 Å². The van der Waals surface area contributed by atoms with Crippen LogP contribution >= 0.6 is 35.0 Å². The summed E-state index contributed by atoms with van der Waals surface area (Å²) in [5, 5.41) is 5.68. The Bertz CT molecular complexity index is 964. The summed E-state index contributed by atoms with van der Waals surface area (Å²) >= 11 is 14.2. The van der Waals surface area contributed by atoms with E-state index in [2.05, 4.69) is 11.2 Å². The van der Waals surface area contributed by atoms with Crippen molar-refractivity contribution in [1.29, 1.82) is 0 Å². The van der Waals surface area contributed by atoms with E-state index in [0.717, 1.165) is 39.6 Å². The largest absolute Gasteiger partial charge is 0.232 e. The maximum absolute atomic E-state index is 13.2. The molecule has 2 aromatic carbocycles. The summed E-state index contributed by atoms with van der Waals surface area (Å²) in [5.74, 6) is 1.53. The van der Waals surface area contributed by atoms with Crippen LogP contribution in [-0.2, 0) is 5.75 Å². The fourth-order valence-corrected chi connectivity index (χ4v) is 4.34. The fraction of sp³-hybridized carbons (Fsp3) is 0.105. The molecule has 0 saturated heterocycles. The maximum atomic E-state index is 13.2. The zero-order valence-corrected chi connectivity index (χ0v) is 15.4. The van der Waals surface area contributed by atoms with Crippen LogP contribution < -0.4 is 0 Å². The van der Waals surface area contributed by atoms with E-state index in [1.807, 2.05) is 28.7 Å². The van der Waals surface area contributed by atoms with Crippen molar-refractivity contribution in [2.45, 2.75) is 5.75 Å². The van der Waals surface area contributed by atoms with Crippen molar-refractivity contribution < 1.29 is 4.39 Å². The van der Waals surface area contributed by atoms with Gasteiger partial charge < -0.3 is 0 Å². The molecule has 2 heterocycles. The van der Waals surface area contributed by atoms with Gasteiger partial charge in [-0.3, -0.25) is 0 Å². The summed E-state index contributed by atoms with van der Waals surface area (Å²) in [5.41, 5.74) is 5.10. The van der Waals surface area contributed by atoms with Gasteiger partial charge >= 0.3 is 0 Å². The van der Waals surface area contributed by atoms with Crippen molar-refractivity contribution in [2.24, 2.45) is 0 Å². The normalized spacial score (nSPS) is 15.4. The van der Waals surface area contributed by atoms with Crippen LogP contribution in [0.15, 0.2) is 48.7 Å². The second kappa shape index (κ2) is 6.87. The molecule has 1 aliphatic heterocycles. The van der Waals surface area contributed by atoms with Gasteiger partial charge in [0.2, 0.25) is 0 Å². The molecule has 0 radical (unpaired) electrons. The first kappa shape index (κ1) is 16.7. The summed E-state index contributed by atoms with van der Waals surface area (Å²) in [6.07, 6.45) is 3.96. The minimum atomic E-state index is -0.237. The van der Waals surface area contributed by atoms with Crippen molar-refractivity contribution in [1.82, 2.24) is 9.78 Å². The van der Waals surface area contributed by atoms with Crippen LogP contribution in [0.4, 0.5) is 4.39 Å². The Morgan fingerprint density at radius 2 is 1.88 bits per heavy atom. The number of halogens is 3. The van der Waals surface area contributed by atoms with Gasteiger partial charge in [0.05, 0.1) is 22.6 Å². The third-order valence-electron chi connectivity index (χ3n) is 4.01. The lowest BCUT2D eigenvalue weighted by Crippen LogP contribution is -2.08. The Balaban J connectivity index is 1.83. The Labute approximate surface area is 159 Å². The lowest BCUT2D eigenvalue weighted by Gasteiger charge is -2.18. The summed E-state index contributed by atoms with van der Waals surface area (Å²) in [4.78, 5) is 0. The average Bonchev–Trinajstić information content (AvgIpc) is 3.02. The fourth-order valence-electron chi connectivity index (χ4n) is 2.88. The molecule has 25 heavy (non-hydrogen) atoms. The minimum absolute atomic E-state index is 0.237. The number of hydrogen-bond donors (Lipinski definition) is 0. The third kappa shape index (κ3) is 3.34. The van der Waals surface area contributed by atoms with Gasteiger partial charge in [-0.15, -0.1) is 0 Å². The van der Waals surface area contributed by atoms with Gasteiger partial charge in [0.25, 0.3) is 0 Å². The molecule has 0 bridgehead atoms. The first-order valence-electron chi connectivity index (χ1n) is 7.68. The first-order chi connectivity index (χ1) is 12.1. The average molecular weight is 391 g/mol. The van der Waals surface area contributed by atoms with Crippen LogP contribution in [0.2, 0.25) is 10.0 Å². The molecule has 0 saturated carbocycles. The van der Waals surface area contributed by atoms with E-state index in [9.17, 15) is 4.39 Å². The van der Waals surface area contributed by atoms with Crippen LogP contribution in [0.1, 0.15) is 16.8 Å². The van der Waals surface area contributed by atoms with Crippen LogP contribution in [-0.4, -0.2) is 15.5 Å². The third-order valence-corrected chi connectivity index (χ3v) is 5.58. The molecule has 0 aliphatic carbocycles. The second-order valence-corrected chi connectivity index (χ2v) is 7.57. The molecular weight excluding hydrogens is 378 g/mol. The number of hydrogen-bond acceptors (Lipinski definition) is 2. The van der Waals surface area contributed by atoms with Gasteiger partial charge in [-0.2, -0.15) is 16.9 Å². The molecule has 126 valence electrons. The van der Waals surface area contributed by atoms with E-state index in [1.165, 1.54) is 12.1 Å². The van der Waals surface area contributed by atoms with E-state index >= 15 is 0 Å². The number of rotatable bonds is 2. The van der Waals surface area contributed by atoms with Crippen LogP contribution in [0.5, 0.6) is 0 Å². The van der Waals surface area contributed by atoms with Crippen LogP contribution in [0, 0.1) is 5.82 Å². The summed E-state index contributed by atoms with van der Waals surface area (Å²) in [7, 11) is 0. The summed E-state index contributed by atoms with van der Waals surface area (Å²) in [6, 6.07) is 11.9. The van der Waals surface area contributed by atoms with Crippen molar-refractivity contribution in [3.05, 3.63) is 81.3 Å². The number of fused-ring (bicyclic) bond motifs is 1. The lowest BCUT2D eigenvalue weighted by molar-refractivity contribution is 0.628. The van der Waals surface area contributed by atoms with Gasteiger partial charge in [0.15, 0.2) is 0 Å². The molecule has 1 aromatic heterocycles. The van der Waals surface area contributed by atoms with Gasteiger partial charge in [-0.1, -0.05) is 35.3 Å². The molecule has 3 aromatic rings. The summed E-state index contributed by atoms with van der Waals surface area (Å²) in [6.45, 7) is 0. The van der Waals surface area contributed by atoms with Gasteiger partial charge in [-0.05, 0) is 47.5 Å². The molecule has 0 N–H and O–H groups in total.